The van der Waals surface area contributed by atoms with Crippen molar-refractivity contribution in [3.63, 3.8) is 0 Å². The van der Waals surface area contributed by atoms with Gasteiger partial charge in [0, 0.05) is 6.54 Å². The minimum absolute atomic E-state index is 0.00164. The molecule has 2 aromatic rings. The largest absolute Gasteiger partial charge is 0.492 e. The molecule has 0 fully saturated rings. The number of sulfonamides is 1. The highest BCUT2D eigenvalue weighted by molar-refractivity contribution is 7.89. The molecule has 0 aliphatic rings. The van der Waals surface area contributed by atoms with E-state index in [0.29, 0.717) is 0 Å². The normalized spacial score (nSPS) is 12.2. The standard InChI is InChI=1S/C15H13ClF3NO3S/c16-13-6-1-2-7-14(13)24(21,22)20-8-9-23-12-5-3-4-11(10-12)15(17,18)19/h1-7,10,20H,8-9H2. The first-order chi connectivity index (χ1) is 11.2. The van der Waals surface area contributed by atoms with Crippen molar-refractivity contribution in [3.8, 4) is 5.75 Å². The third-order valence-corrected chi connectivity index (χ3v) is 4.91. The van der Waals surface area contributed by atoms with Gasteiger partial charge < -0.3 is 4.74 Å². The quantitative estimate of drug-likeness (QED) is 0.778. The van der Waals surface area contributed by atoms with Gasteiger partial charge in [-0.15, -0.1) is 0 Å². The first-order valence-electron chi connectivity index (χ1n) is 6.74. The summed E-state index contributed by atoms with van der Waals surface area (Å²) < 4.78 is 69.3. The number of alkyl halides is 3. The molecule has 0 saturated heterocycles. The first kappa shape index (κ1) is 18.6. The van der Waals surface area contributed by atoms with Crippen molar-refractivity contribution in [1.82, 2.24) is 4.72 Å². The van der Waals surface area contributed by atoms with E-state index in [4.69, 9.17) is 16.3 Å². The lowest BCUT2D eigenvalue weighted by Gasteiger charge is -2.11. The van der Waals surface area contributed by atoms with Crippen molar-refractivity contribution in [2.24, 2.45) is 0 Å². The van der Waals surface area contributed by atoms with Gasteiger partial charge in [0.05, 0.1) is 10.6 Å². The van der Waals surface area contributed by atoms with Crippen LogP contribution in [0.4, 0.5) is 13.2 Å². The van der Waals surface area contributed by atoms with Crippen LogP contribution in [0.5, 0.6) is 5.75 Å². The molecule has 0 radical (unpaired) electrons. The molecule has 0 aliphatic carbocycles. The molecule has 24 heavy (non-hydrogen) atoms. The Balaban J connectivity index is 1.93. The minimum atomic E-state index is -4.47. The average molecular weight is 380 g/mol. The van der Waals surface area contributed by atoms with E-state index in [9.17, 15) is 21.6 Å². The van der Waals surface area contributed by atoms with Crippen LogP contribution in [0.25, 0.3) is 0 Å². The van der Waals surface area contributed by atoms with Crippen LogP contribution in [-0.4, -0.2) is 21.6 Å². The summed E-state index contributed by atoms with van der Waals surface area (Å²) in [5, 5.41) is 0.0730. The maximum Gasteiger partial charge on any atom is 0.416 e. The highest BCUT2D eigenvalue weighted by Gasteiger charge is 2.30. The predicted octanol–water partition coefficient (Wildman–Crippen LogP) is 3.72. The van der Waals surface area contributed by atoms with Gasteiger partial charge in [-0.3, -0.25) is 0 Å². The first-order valence-corrected chi connectivity index (χ1v) is 8.60. The van der Waals surface area contributed by atoms with E-state index in [1.54, 1.807) is 6.07 Å². The number of benzene rings is 2. The van der Waals surface area contributed by atoms with E-state index >= 15 is 0 Å². The molecule has 0 unspecified atom stereocenters. The van der Waals surface area contributed by atoms with Crippen LogP contribution >= 0.6 is 11.6 Å². The van der Waals surface area contributed by atoms with Gasteiger partial charge in [-0.2, -0.15) is 13.2 Å². The smallest absolute Gasteiger partial charge is 0.416 e. The molecule has 0 bridgehead atoms. The highest BCUT2D eigenvalue weighted by atomic mass is 35.5. The summed E-state index contributed by atoms with van der Waals surface area (Å²) in [7, 11) is -3.82. The lowest BCUT2D eigenvalue weighted by Crippen LogP contribution is -2.28. The molecule has 130 valence electrons. The predicted molar refractivity (Wildman–Crippen MR) is 83.6 cm³/mol. The minimum Gasteiger partial charge on any atom is -0.492 e. The fourth-order valence-corrected chi connectivity index (χ4v) is 3.38. The van der Waals surface area contributed by atoms with E-state index in [0.717, 1.165) is 12.1 Å². The summed E-state index contributed by atoms with van der Waals surface area (Å²) >= 11 is 5.82. The summed E-state index contributed by atoms with van der Waals surface area (Å²) in [5.74, 6) is 0.00164. The van der Waals surface area contributed by atoms with Crippen LogP contribution in [0, 0.1) is 0 Å². The van der Waals surface area contributed by atoms with Gasteiger partial charge in [0.15, 0.2) is 0 Å². The molecule has 0 aromatic heterocycles. The molecule has 2 rings (SSSR count). The maximum absolute atomic E-state index is 12.6. The molecule has 0 saturated carbocycles. The van der Waals surface area contributed by atoms with Gasteiger partial charge in [0.25, 0.3) is 0 Å². The second kappa shape index (κ2) is 7.42. The van der Waals surface area contributed by atoms with Gasteiger partial charge >= 0.3 is 6.18 Å². The third-order valence-electron chi connectivity index (χ3n) is 2.95. The molecule has 2 aromatic carbocycles. The lowest BCUT2D eigenvalue weighted by molar-refractivity contribution is -0.137. The molecule has 1 N–H and O–H groups in total. The summed E-state index contributed by atoms with van der Waals surface area (Å²) in [5.41, 5.74) is -0.836. The lowest BCUT2D eigenvalue weighted by atomic mass is 10.2. The Kier molecular flexibility index (Phi) is 5.74. The molecule has 9 heteroatoms. The number of hydrogen-bond donors (Lipinski definition) is 1. The zero-order valence-electron chi connectivity index (χ0n) is 12.2. The fourth-order valence-electron chi connectivity index (χ4n) is 1.85. The summed E-state index contributed by atoms with van der Waals surface area (Å²) in [6.07, 6.45) is -4.47. The van der Waals surface area contributed by atoms with Crippen molar-refractivity contribution >= 4 is 21.6 Å². The van der Waals surface area contributed by atoms with Crippen LogP contribution in [0.2, 0.25) is 5.02 Å². The number of nitrogens with one attached hydrogen (secondary N) is 1. The molecule has 0 atom stereocenters. The van der Waals surface area contributed by atoms with E-state index in [-0.39, 0.29) is 28.8 Å². The molecular weight excluding hydrogens is 367 g/mol. The second-order valence-electron chi connectivity index (χ2n) is 4.70. The third kappa shape index (κ3) is 4.86. The van der Waals surface area contributed by atoms with Crippen LogP contribution in [0.3, 0.4) is 0 Å². The van der Waals surface area contributed by atoms with Crippen molar-refractivity contribution in [1.29, 1.82) is 0 Å². The van der Waals surface area contributed by atoms with Crippen LogP contribution < -0.4 is 9.46 Å². The molecule has 0 aliphatic heterocycles. The van der Waals surface area contributed by atoms with Gasteiger partial charge in [0.2, 0.25) is 10.0 Å². The Hall–Kier alpha value is -1.77. The molecular formula is C15H13ClF3NO3S. The van der Waals surface area contributed by atoms with Gasteiger partial charge in [0.1, 0.15) is 17.3 Å². The highest BCUT2D eigenvalue weighted by Crippen LogP contribution is 2.31. The van der Waals surface area contributed by atoms with Crippen molar-refractivity contribution in [2.45, 2.75) is 11.1 Å². The summed E-state index contributed by atoms with van der Waals surface area (Å²) in [4.78, 5) is -0.0780. The topological polar surface area (TPSA) is 55.4 Å². The Bertz CT molecular complexity index is 810. The Morgan fingerprint density at radius 3 is 2.46 bits per heavy atom. The number of rotatable bonds is 6. The number of halogens is 4. The van der Waals surface area contributed by atoms with Gasteiger partial charge in [-0.05, 0) is 30.3 Å². The number of hydrogen-bond acceptors (Lipinski definition) is 3. The molecule has 0 spiro atoms. The SMILES string of the molecule is O=S(=O)(NCCOc1cccc(C(F)(F)F)c1)c1ccccc1Cl. The fraction of sp³-hybridized carbons (Fsp3) is 0.200. The summed E-state index contributed by atoms with van der Waals surface area (Å²) in [6, 6.07) is 10.3. The summed E-state index contributed by atoms with van der Waals surface area (Å²) in [6.45, 7) is -0.255. The van der Waals surface area contributed by atoms with Crippen LogP contribution in [0.1, 0.15) is 5.56 Å². The van der Waals surface area contributed by atoms with E-state index in [2.05, 4.69) is 4.72 Å². The monoisotopic (exact) mass is 379 g/mol. The van der Waals surface area contributed by atoms with E-state index in [1.165, 1.54) is 30.3 Å². The van der Waals surface area contributed by atoms with Gasteiger partial charge in [-0.1, -0.05) is 29.8 Å². The maximum atomic E-state index is 12.6. The Morgan fingerprint density at radius 1 is 1.08 bits per heavy atom. The number of ether oxygens (including phenoxy) is 1. The molecule has 0 heterocycles. The molecule has 0 amide bonds. The zero-order valence-corrected chi connectivity index (χ0v) is 13.8. The Labute approximate surface area is 142 Å². The van der Waals surface area contributed by atoms with E-state index in [1.807, 2.05) is 0 Å². The zero-order chi connectivity index (χ0) is 17.8. The van der Waals surface area contributed by atoms with E-state index < -0.39 is 21.8 Å². The van der Waals surface area contributed by atoms with Gasteiger partial charge in [-0.25, -0.2) is 13.1 Å². The van der Waals surface area contributed by atoms with Crippen molar-refractivity contribution < 1.29 is 26.3 Å². The average Bonchev–Trinajstić information content (AvgIpc) is 2.51. The van der Waals surface area contributed by atoms with Crippen molar-refractivity contribution in [2.75, 3.05) is 13.2 Å². The van der Waals surface area contributed by atoms with Crippen LogP contribution in [0.15, 0.2) is 53.4 Å². The second-order valence-corrected chi connectivity index (χ2v) is 6.84. The van der Waals surface area contributed by atoms with Crippen LogP contribution in [-0.2, 0) is 16.2 Å². The van der Waals surface area contributed by atoms with Crippen molar-refractivity contribution in [3.05, 3.63) is 59.1 Å². The molecule has 4 nitrogen and oxygen atoms in total. The Morgan fingerprint density at radius 2 is 1.79 bits per heavy atom.